The SMILES string of the molecule is N#Cc1cc(Br)cc2[nH]c(=S)[nH]c12. The number of aromatic amines is 2. The van der Waals surface area contributed by atoms with Gasteiger partial charge in [-0.3, -0.25) is 0 Å². The summed E-state index contributed by atoms with van der Waals surface area (Å²) in [5.41, 5.74) is 2.18. The molecule has 0 saturated carbocycles. The van der Waals surface area contributed by atoms with Crippen LogP contribution in [0.3, 0.4) is 0 Å². The number of aromatic nitrogens is 2. The van der Waals surface area contributed by atoms with Gasteiger partial charge in [0.1, 0.15) is 6.07 Å². The van der Waals surface area contributed by atoms with Gasteiger partial charge in [0.05, 0.1) is 16.6 Å². The maximum Gasteiger partial charge on any atom is 0.175 e. The molecule has 0 aliphatic carbocycles. The van der Waals surface area contributed by atoms with Crippen molar-refractivity contribution in [1.29, 1.82) is 5.26 Å². The molecule has 0 fully saturated rings. The van der Waals surface area contributed by atoms with E-state index in [-0.39, 0.29) is 0 Å². The second kappa shape index (κ2) is 2.98. The zero-order valence-electron chi connectivity index (χ0n) is 6.39. The fraction of sp³-hybridized carbons (Fsp3) is 0. The number of rotatable bonds is 0. The van der Waals surface area contributed by atoms with Crippen LogP contribution < -0.4 is 0 Å². The Kier molecular flexibility index (Phi) is 1.94. The summed E-state index contributed by atoms with van der Waals surface area (Å²) in [6, 6.07) is 5.73. The van der Waals surface area contributed by atoms with E-state index in [0.717, 1.165) is 15.5 Å². The van der Waals surface area contributed by atoms with Crippen LogP contribution in [0.15, 0.2) is 16.6 Å². The summed E-state index contributed by atoms with van der Waals surface area (Å²) < 4.78 is 1.39. The van der Waals surface area contributed by atoms with Crippen molar-refractivity contribution in [2.45, 2.75) is 0 Å². The predicted molar refractivity (Wildman–Crippen MR) is 55.9 cm³/mol. The molecule has 0 atom stereocenters. The maximum atomic E-state index is 8.83. The lowest BCUT2D eigenvalue weighted by atomic mass is 10.2. The Morgan fingerprint density at radius 2 is 2.15 bits per heavy atom. The topological polar surface area (TPSA) is 55.4 Å². The number of hydrogen-bond donors (Lipinski definition) is 2. The van der Waals surface area contributed by atoms with E-state index < -0.39 is 0 Å². The lowest BCUT2D eigenvalue weighted by Crippen LogP contribution is -1.78. The molecular formula is C8H4BrN3S. The van der Waals surface area contributed by atoms with Gasteiger partial charge in [-0.15, -0.1) is 0 Å². The standard InChI is InChI=1S/C8H4BrN3S/c9-5-1-4(3-10)7-6(2-5)11-8(13)12-7/h1-2H,(H2,11,12,13). The molecule has 0 saturated heterocycles. The number of H-pyrrole nitrogens is 2. The van der Waals surface area contributed by atoms with Gasteiger partial charge in [0.2, 0.25) is 0 Å². The third-order valence-electron chi connectivity index (χ3n) is 1.71. The molecule has 0 radical (unpaired) electrons. The summed E-state index contributed by atoms with van der Waals surface area (Å²) in [5, 5.41) is 8.83. The summed E-state index contributed by atoms with van der Waals surface area (Å²) in [5.74, 6) is 0. The van der Waals surface area contributed by atoms with E-state index >= 15 is 0 Å². The second-order valence-electron chi connectivity index (χ2n) is 2.57. The first kappa shape index (κ1) is 8.48. The number of benzene rings is 1. The summed E-state index contributed by atoms with van der Waals surface area (Å²) in [4.78, 5) is 5.87. The Morgan fingerprint density at radius 3 is 2.85 bits per heavy atom. The monoisotopic (exact) mass is 253 g/mol. The van der Waals surface area contributed by atoms with Crippen molar-refractivity contribution in [3.05, 3.63) is 26.9 Å². The van der Waals surface area contributed by atoms with E-state index in [1.54, 1.807) is 6.07 Å². The average molecular weight is 254 g/mol. The van der Waals surface area contributed by atoms with Crippen LogP contribution in [0, 0.1) is 16.1 Å². The highest BCUT2D eigenvalue weighted by Gasteiger charge is 2.03. The van der Waals surface area contributed by atoms with Crippen molar-refractivity contribution >= 4 is 39.2 Å². The zero-order valence-corrected chi connectivity index (χ0v) is 8.79. The number of nitrogens with zero attached hydrogens (tertiary/aromatic N) is 1. The van der Waals surface area contributed by atoms with Gasteiger partial charge in [-0.2, -0.15) is 5.26 Å². The molecule has 0 bridgehead atoms. The van der Waals surface area contributed by atoms with E-state index in [4.69, 9.17) is 17.5 Å². The van der Waals surface area contributed by atoms with E-state index in [1.165, 1.54) is 0 Å². The molecule has 2 rings (SSSR count). The van der Waals surface area contributed by atoms with Crippen LogP contribution >= 0.6 is 28.1 Å². The predicted octanol–water partition coefficient (Wildman–Crippen LogP) is 2.86. The number of nitrogens with one attached hydrogen (secondary N) is 2. The van der Waals surface area contributed by atoms with Crippen LogP contribution in [0.1, 0.15) is 5.56 Å². The molecule has 5 heteroatoms. The number of nitriles is 1. The van der Waals surface area contributed by atoms with Gasteiger partial charge in [-0.25, -0.2) is 0 Å². The maximum absolute atomic E-state index is 8.83. The normalized spacial score (nSPS) is 10.2. The van der Waals surface area contributed by atoms with Crippen LogP contribution in [0.5, 0.6) is 0 Å². The van der Waals surface area contributed by atoms with Crippen LogP contribution in [-0.4, -0.2) is 9.97 Å². The number of hydrogen-bond acceptors (Lipinski definition) is 2. The van der Waals surface area contributed by atoms with Gasteiger partial charge in [-0.05, 0) is 24.4 Å². The average Bonchev–Trinajstić information content (AvgIpc) is 2.43. The molecule has 1 aromatic heterocycles. The smallest absolute Gasteiger partial charge is 0.175 e. The van der Waals surface area contributed by atoms with E-state index in [1.807, 2.05) is 6.07 Å². The second-order valence-corrected chi connectivity index (χ2v) is 3.89. The van der Waals surface area contributed by atoms with Gasteiger partial charge in [0.15, 0.2) is 4.77 Å². The lowest BCUT2D eigenvalue weighted by molar-refractivity contribution is 1.30. The summed E-state index contributed by atoms with van der Waals surface area (Å²) in [6.07, 6.45) is 0. The zero-order chi connectivity index (χ0) is 9.42. The fourth-order valence-corrected chi connectivity index (χ4v) is 1.87. The molecule has 0 spiro atoms. The minimum atomic E-state index is 0.532. The first-order valence-corrected chi connectivity index (χ1v) is 4.72. The Labute approximate surface area is 87.5 Å². The first-order chi connectivity index (χ1) is 6.20. The van der Waals surface area contributed by atoms with Gasteiger partial charge in [0.25, 0.3) is 0 Å². The molecule has 2 aromatic rings. The molecule has 0 aliphatic heterocycles. The Morgan fingerprint density at radius 1 is 1.38 bits per heavy atom. The highest BCUT2D eigenvalue weighted by Crippen LogP contribution is 2.21. The summed E-state index contributed by atoms with van der Waals surface area (Å²) in [6.45, 7) is 0. The van der Waals surface area contributed by atoms with Crippen molar-refractivity contribution in [1.82, 2.24) is 9.97 Å². The molecular weight excluding hydrogens is 250 g/mol. The fourth-order valence-electron chi connectivity index (χ4n) is 1.20. The van der Waals surface area contributed by atoms with Crippen molar-refractivity contribution in [2.75, 3.05) is 0 Å². The van der Waals surface area contributed by atoms with Crippen molar-refractivity contribution < 1.29 is 0 Å². The Balaban J connectivity index is 2.98. The van der Waals surface area contributed by atoms with Gasteiger partial charge >= 0.3 is 0 Å². The molecule has 0 unspecified atom stereocenters. The van der Waals surface area contributed by atoms with Crippen molar-refractivity contribution in [3.8, 4) is 6.07 Å². The molecule has 1 aromatic carbocycles. The molecule has 0 amide bonds. The van der Waals surface area contributed by atoms with E-state index in [0.29, 0.717) is 10.3 Å². The summed E-state index contributed by atoms with van der Waals surface area (Å²) in [7, 11) is 0. The number of fused-ring (bicyclic) bond motifs is 1. The molecule has 3 nitrogen and oxygen atoms in total. The largest absolute Gasteiger partial charge is 0.331 e. The molecule has 13 heavy (non-hydrogen) atoms. The third kappa shape index (κ3) is 1.39. The summed E-state index contributed by atoms with van der Waals surface area (Å²) >= 11 is 8.24. The van der Waals surface area contributed by atoms with Crippen LogP contribution in [0.4, 0.5) is 0 Å². The first-order valence-electron chi connectivity index (χ1n) is 3.52. The van der Waals surface area contributed by atoms with Crippen LogP contribution in [0.2, 0.25) is 0 Å². The van der Waals surface area contributed by atoms with Gasteiger partial charge < -0.3 is 9.97 Å². The Hall–Kier alpha value is -1.12. The van der Waals surface area contributed by atoms with Crippen molar-refractivity contribution in [3.63, 3.8) is 0 Å². The highest BCUT2D eigenvalue weighted by atomic mass is 79.9. The third-order valence-corrected chi connectivity index (χ3v) is 2.37. The molecule has 1 heterocycles. The molecule has 0 aliphatic rings. The van der Waals surface area contributed by atoms with E-state index in [9.17, 15) is 0 Å². The minimum Gasteiger partial charge on any atom is -0.331 e. The number of halogens is 1. The van der Waals surface area contributed by atoms with E-state index in [2.05, 4.69) is 32.0 Å². The van der Waals surface area contributed by atoms with Gasteiger partial charge in [0, 0.05) is 4.47 Å². The number of imidazole rings is 1. The minimum absolute atomic E-state index is 0.532. The molecule has 64 valence electrons. The molecule has 2 N–H and O–H groups in total. The van der Waals surface area contributed by atoms with Gasteiger partial charge in [-0.1, -0.05) is 15.9 Å². The quantitative estimate of drug-likeness (QED) is 0.710. The van der Waals surface area contributed by atoms with Crippen LogP contribution in [-0.2, 0) is 0 Å². The highest BCUT2D eigenvalue weighted by molar-refractivity contribution is 9.10. The lowest BCUT2D eigenvalue weighted by Gasteiger charge is -1.93. The van der Waals surface area contributed by atoms with Crippen molar-refractivity contribution in [2.24, 2.45) is 0 Å². The van der Waals surface area contributed by atoms with Crippen LogP contribution in [0.25, 0.3) is 11.0 Å². The Bertz CT molecular complexity index is 561.